The number of carbonyl (C=O) groups is 1. The Bertz CT molecular complexity index is 1090. The van der Waals surface area contributed by atoms with Gasteiger partial charge in [0.1, 0.15) is 0 Å². The maximum atomic E-state index is 12.8. The van der Waals surface area contributed by atoms with Crippen molar-refractivity contribution in [2.24, 2.45) is 5.92 Å². The number of fused-ring (bicyclic) bond motifs is 1. The number of hydrogen-bond acceptors (Lipinski definition) is 4. The minimum absolute atomic E-state index is 0.199. The van der Waals surface area contributed by atoms with Gasteiger partial charge in [0, 0.05) is 17.3 Å². The van der Waals surface area contributed by atoms with Crippen LogP contribution in [-0.2, 0) is 4.79 Å². The number of hydrogen-bond donors (Lipinski definition) is 2. The standard InChI is InChI=1S/C25H25N3O2/c1-17(24(29)28-20-8-6-18(16-26)7-9-20)25(30)13-10-19(11-14-25)21-12-15-27-23-5-3-2-4-22(21)23/h2-9,12,15,17,19,30H,10-11,13-14H2,1H3,(H,28,29)/t17-,19?,25?/m1/s1. The van der Waals surface area contributed by atoms with Crippen LogP contribution < -0.4 is 5.32 Å². The number of amides is 1. The van der Waals surface area contributed by atoms with Gasteiger partial charge >= 0.3 is 0 Å². The average molecular weight is 399 g/mol. The lowest BCUT2D eigenvalue weighted by atomic mass is 9.70. The van der Waals surface area contributed by atoms with E-state index in [9.17, 15) is 9.90 Å². The molecule has 2 aromatic carbocycles. The number of nitriles is 1. The summed E-state index contributed by atoms with van der Waals surface area (Å²) < 4.78 is 0. The highest BCUT2D eigenvalue weighted by atomic mass is 16.3. The molecule has 1 amide bonds. The van der Waals surface area contributed by atoms with Crippen LogP contribution in [0.2, 0.25) is 0 Å². The quantitative estimate of drug-likeness (QED) is 0.662. The van der Waals surface area contributed by atoms with Gasteiger partial charge in [-0.1, -0.05) is 25.1 Å². The van der Waals surface area contributed by atoms with Crippen molar-refractivity contribution in [3.63, 3.8) is 0 Å². The van der Waals surface area contributed by atoms with Gasteiger partial charge in [0.25, 0.3) is 0 Å². The van der Waals surface area contributed by atoms with Crippen LogP contribution >= 0.6 is 0 Å². The van der Waals surface area contributed by atoms with E-state index in [1.807, 2.05) is 24.4 Å². The lowest BCUT2D eigenvalue weighted by Crippen LogP contribution is -2.45. The van der Waals surface area contributed by atoms with Gasteiger partial charge in [-0.3, -0.25) is 9.78 Å². The number of nitrogens with zero attached hydrogens (tertiary/aromatic N) is 2. The molecule has 1 aromatic heterocycles. The molecule has 4 rings (SSSR count). The molecule has 0 spiro atoms. The second kappa shape index (κ2) is 8.25. The number of carbonyl (C=O) groups excluding carboxylic acids is 1. The molecule has 1 aliphatic rings. The highest BCUT2D eigenvalue weighted by Crippen LogP contribution is 2.43. The molecular formula is C25H25N3O2. The molecule has 1 fully saturated rings. The van der Waals surface area contributed by atoms with E-state index in [0.717, 1.165) is 18.4 Å². The largest absolute Gasteiger partial charge is 0.389 e. The third-order valence-electron chi connectivity index (χ3n) is 6.45. The summed E-state index contributed by atoms with van der Waals surface area (Å²) in [5.74, 6) is -0.370. The number of para-hydroxylation sites is 1. The summed E-state index contributed by atoms with van der Waals surface area (Å²) in [6, 6.07) is 19.0. The summed E-state index contributed by atoms with van der Waals surface area (Å²) in [5.41, 5.74) is 2.42. The first-order valence-corrected chi connectivity index (χ1v) is 10.4. The van der Waals surface area contributed by atoms with Gasteiger partial charge in [0.05, 0.1) is 28.7 Å². The molecule has 1 atom stereocenters. The van der Waals surface area contributed by atoms with Gasteiger partial charge in [-0.05, 0) is 73.6 Å². The Kier molecular flexibility index (Phi) is 5.52. The zero-order chi connectivity index (χ0) is 21.1. The molecule has 3 aromatic rings. The number of anilines is 1. The van der Waals surface area contributed by atoms with Crippen molar-refractivity contribution in [3.8, 4) is 6.07 Å². The number of nitrogens with one attached hydrogen (secondary N) is 1. The number of pyridine rings is 1. The van der Waals surface area contributed by atoms with Crippen LogP contribution in [0, 0.1) is 17.2 Å². The SMILES string of the molecule is C[C@H](C(=O)Nc1ccc(C#N)cc1)C1(O)CCC(c2ccnc3ccccc23)CC1. The van der Waals surface area contributed by atoms with Gasteiger partial charge in [-0.15, -0.1) is 0 Å². The summed E-state index contributed by atoms with van der Waals surface area (Å²) in [6.07, 6.45) is 4.68. The van der Waals surface area contributed by atoms with E-state index in [2.05, 4.69) is 28.5 Å². The van der Waals surface area contributed by atoms with E-state index < -0.39 is 11.5 Å². The van der Waals surface area contributed by atoms with E-state index in [4.69, 9.17) is 5.26 Å². The van der Waals surface area contributed by atoms with Gasteiger partial charge in [-0.2, -0.15) is 5.26 Å². The van der Waals surface area contributed by atoms with Crippen molar-refractivity contribution in [2.75, 3.05) is 5.32 Å². The minimum atomic E-state index is -1.02. The molecule has 0 saturated heterocycles. The Morgan fingerprint density at radius 1 is 1.17 bits per heavy atom. The molecule has 1 saturated carbocycles. The molecule has 1 aliphatic carbocycles. The first-order chi connectivity index (χ1) is 14.5. The van der Waals surface area contributed by atoms with Crippen LogP contribution in [0.25, 0.3) is 10.9 Å². The topological polar surface area (TPSA) is 86.0 Å². The summed E-state index contributed by atoms with van der Waals surface area (Å²) in [4.78, 5) is 17.2. The summed E-state index contributed by atoms with van der Waals surface area (Å²) in [7, 11) is 0. The molecular weight excluding hydrogens is 374 g/mol. The third-order valence-corrected chi connectivity index (χ3v) is 6.45. The van der Waals surface area contributed by atoms with Crippen LogP contribution in [0.5, 0.6) is 0 Å². The van der Waals surface area contributed by atoms with Crippen LogP contribution in [-0.4, -0.2) is 21.6 Å². The Hall–Kier alpha value is -3.23. The first kappa shape index (κ1) is 20.1. The zero-order valence-electron chi connectivity index (χ0n) is 17.0. The maximum Gasteiger partial charge on any atom is 0.230 e. The highest BCUT2D eigenvalue weighted by Gasteiger charge is 2.41. The smallest absolute Gasteiger partial charge is 0.230 e. The van der Waals surface area contributed by atoms with Crippen LogP contribution in [0.3, 0.4) is 0 Å². The van der Waals surface area contributed by atoms with Crippen molar-refractivity contribution in [1.29, 1.82) is 5.26 Å². The summed E-state index contributed by atoms with van der Waals surface area (Å²) >= 11 is 0. The normalized spacial score (nSPS) is 22.2. The molecule has 0 radical (unpaired) electrons. The predicted octanol–water partition coefficient (Wildman–Crippen LogP) is 4.77. The number of benzene rings is 2. The molecule has 0 aliphatic heterocycles. The van der Waals surface area contributed by atoms with Crippen molar-refractivity contribution < 1.29 is 9.90 Å². The lowest BCUT2D eigenvalue weighted by Gasteiger charge is -2.40. The van der Waals surface area contributed by atoms with E-state index >= 15 is 0 Å². The van der Waals surface area contributed by atoms with E-state index in [1.54, 1.807) is 31.2 Å². The molecule has 5 nitrogen and oxygen atoms in total. The Morgan fingerprint density at radius 3 is 2.57 bits per heavy atom. The lowest BCUT2D eigenvalue weighted by molar-refractivity contribution is -0.131. The van der Waals surface area contributed by atoms with E-state index in [-0.39, 0.29) is 5.91 Å². The highest BCUT2D eigenvalue weighted by molar-refractivity contribution is 5.93. The Morgan fingerprint density at radius 2 is 1.87 bits per heavy atom. The van der Waals surface area contributed by atoms with E-state index in [1.165, 1.54) is 10.9 Å². The summed E-state index contributed by atoms with van der Waals surface area (Å²) in [5, 5.41) is 24.2. The molecule has 30 heavy (non-hydrogen) atoms. The second-order valence-electron chi connectivity index (χ2n) is 8.20. The third kappa shape index (κ3) is 3.92. The van der Waals surface area contributed by atoms with Gasteiger partial charge in [0.15, 0.2) is 0 Å². The molecule has 5 heteroatoms. The van der Waals surface area contributed by atoms with Gasteiger partial charge < -0.3 is 10.4 Å². The Labute approximate surface area is 176 Å². The van der Waals surface area contributed by atoms with Crippen LogP contribution in [0.1, 0.15) is 49.7 Å². The molecule has 1 heterocycles. The molecule has 2 N–H and O–H groups in total. The van der Waals surface area contributed by atoms with Crippen LogP contribution in [0.15, 0.2) is 60.8 Å². The van der Waals surface area contributed by atoms with Crippen molar-refractivity contribution in [1.82, 2.24) is 4.98 Å². The maximum absolute atomic E-state index is 12.8. The van der Waals surface area contributed by atoms with E-state index in [0.29, 0.717) is 30.0 Å². The zero-order valence-corrected chi connectivity index (χ0v) is 17.0. The van der Waals surface area contributed by atoms with Gasteiger partial charge in [-0.25, -0.2) is 0 Å². The van der Waals surface area contributed by atoms with Crippen LogP contribution in [0.4, 0.5) is 5.69 Å². The van der Waals surface area contributed by atoms with Crippen molar-refractivity contribution in [2.45, 2.75) is 44.1 Å². The van der Waals surface area contributed by atoms with Gasteiger partial charge in [0.2, 0.25) is 5.91 Å². The minimum Gasteiger partial charge on any atom is -0.389 e. The first-order valence-electron chi connectivity index (χ1n) is 10.4. The number of aliphatic hydroxyl groups is 1. The second-order valence-corrected chi connectivity index (χ2v) is 8.20. The fourth-order valence-corrected chi connectivity index (χ4v) is 4.46. The molecule has 0 bridgehead atoms. The molecule has 152 valence electrons. The average Bonchev–Trinajstić information content (AvgIpc) is 2.79. The Balaban J connectivity index is 1.43. The number of aromatic nitrogens is 1. The summed E-state index contributed by atoms with van der Waals surface area (Å²) in [6.45, 7) is 1.79. The molecule has 0 unspecified atom stereocenters. The van der Waals surface area contributed by atoms with Crippen molar-refractivity contribution >= 4 is 22.5 Å². The predicted molar refractivity (Wildman–Crippen MR) is 117 cm³/mol. The number of rotatable bonds is 4. The van der Waals surface area contributed by atoms with Crippen molar-refractivity contribution in [3.05, 3.63) is 71.9 Å². The fourth-order valence-electron chi connectivity index (χ4n) is 4.46. The monoisotopic (exact) mass is 399 g/mol. The fraction of sp³-hybridized carbons (Fsp3) is 0.320.